The Balaban J connectivity index is -0.0000000800. The molecule has 0 spiro atoms. The van der Waals surface area contributed by atoms with E-state index >= 15 is 0 Å². The van der Waals surface area contributed by atoms with Crippen molar-refractivity contribution >= 4 is 0 Å². The summed E-state index contributed by atoms with van der Waals surface area (Å²) >= 11 is 0. The Morgan fingerprint density at radius 1 is 1.57 bits per heavy atom. The zero-order valence-corrected chi connectivity index (χ0v) is 2.73. The van der Waals surface area contributed by atoms with Gasteiger partial charge in [-0.15, -0.1) is 6.42 Å². The molecule has 0 aromatic rings. The van der Waals surface area contributed by atoms with E-state index in [1.165, 1.54) is 0 Å². The molecule has 0 aromatic carbocycles. The number of hydrogen-bond acceptors (Lipinski definition) is 0. The Hall–Kier alpha value is -0.950. The van der Waals surface area contributed by atoms with Gasteiger partial charge in [0.25, 0.3) is 6.54 Å². The van der Waals surface area contributed by atoms with Gasteiger partial charge in [-0.3, -0.25) is 0 Å². The summed E-state index contributed by atoms with van der Waals surface area (Å²) in [4.78, 5) is 2.87. The second-order valence-corrected chi connectivity index (χ2v) is 0.520. The van der Waals surface area contributed by atoms with Gasteiger partial charge in [-0.2, -0.15) is 0 Å². The molecule has 0 aliphatic heterocycles. The van der Waals surface area contributed by atoms with E-state index in [1.54, 1.807) is 0 Å². The van der Waals surface area contributed by atoms with Crippen molar-refractivity contribution in [1.29, 1.82) is 0 Å². The molecule has 0 unspecified atom stereocenters. The molecule has 1 heteroatoms. The van der Waals surface area contributed by atoms with E-state index in [0.29, 0.717) is 0 Å². The summed E-state index contributed by atoms with van der Waals surface area (Å²) in [6.45, 7) is 6.29. The van der Waals surface area contributed by atoms with Crippen LogP contribution in [0.5, 0.6) is 0 Å². The van der Waals surface area contributed by atoms with E-state index in [9.17, 15) is 0 Å². The molecule has 0 rings (SSSR count). The van der Waals surface area contributed by atoms with E-state index in [2.05, 4.69) is 17.2 Å². The highest BCUT2D eigenvalue weighted by Gasteiger charge is 1.58. The zero-order valence-electron chi connectivity index (χ0n) is 2.73. The quantitative estimate of drug-likeness (QED) is 0.321. The highest BCUT2D eigenvalue weighted by atomic mass is 14.6. The summed E-state index contributed by atoms with van der Waals surface area (Å²) in [5, 5.41) is 0. The lowest BCUT2D eigenvalue weighted by Crippen LogP contribution is -1.56. The third-order valence-electron chi connectivity index (χ3n) is 0.170. The largest absolute Gasteiger partial charge is 0.303 e. The Kier molecular flexibility index (Phi) is 46.7. The maximum absolute atomic E-state index is 6.09. The zero-order chi connectivity index (χ0) is 4.12. The molecule has 0 saturated carbocycles. The van der Waals surface area contributed by atoms with Crippen LogP contribution in [-0.2, 0) is 0 Å². The Bertz CT molecular complexity index is 69.3. The molecule has 0 radical (unpaired) electrons. The van der Waals surface area contributed by atoms with Crippen LogP contribution in [0.2, 0.25) is 0 Å². The third kappa shape index (κ3) is 42.6. The van der Waals surface area contributed by atoms with Crippen molar-refractivity contribution < 1.29 is 0 Å². The van der Waals surface area contributed by atoms with E-state index in [4.69, 9.17) is 6.57 Å². The monoisotopic (exact) mass is 97.1 g/mol. The van der Waals surface area contributed by atoms with Crippen LogP contribution in [-0.4, -0.2) is 6.54 Å². The van der Waals surface area contributed by atoms with Crippen LogP contribution < -0.4 is 0 Å². The number of hydrogen-bond donors (Lipinski definition) is 0. The molecule has 1 nitrogen and oxygen atoms in total. The molecule has 0 aliphatic carbocycles. The molecule has 40 valence electrons. The van der Waals surface area contributed by atoms with Crippen LogP contribution in [0.15, 0.2) is 0 Å². The van der Waals surface area contributed by atoms with Crippen molar-refractivity contribution in [3.05, 3.63) is 11.4 Å². The molecule has 0 saturated heterocycles. The van der Waals surface area contributed by atoms with Crippen molar-refractivity contribution in [3.8, 4) is 12.3 Å². The fraction of sp³-hybridized carbons (Fsp3) is 0.500. The van der Waals surface area contributed by atoms with Crippen molar-refractivity contribution in [3.63, 3.8) is 0 Å². The first-order valence-electron chi connectivity index (χ1n) is 1.18. The topological polar surface area (TPSA) is 4.36 Å². The summed E-state index contributed by atoms with van der Waals surface area (Å²) < 4.78 is 0. The molecule has 0 bridgehead atoms. The van der Waals surface area contributed by atoms with Gasteiger partial charge in [0.2, 0.25) is 0 Å². The van der Waals surface area contributed by atoms with Gasteiger partial charge in [-0.25, -0.2) is 6.57 Å². The van der Waals surface area contributed by atoms with Crippen LogP contribution in [0.25, 0.3) is 4.85 Å². The smallest absolute Gasteiger partial charge is 0.274 e. The van der Waals surface area contributed by atoms with E-state index in [1.807, 2.05) is 0 Å². The highest BCUT2D eigenvalue weighted by molar-refractivity contribution is 4.92. The average Bonchev–Trinajstić information content (AvgIpc) is 1.41. The van der Waals surface area contributed by atoms with Crippen molar-refractivity contribution in [1.82, 2.24) is 0 Å². The van der Waals surface area contributed by atoms with Gasteiger partial charge in [0.1, 0.15) is 0 Å². The minimum Gasteiger partial charge on any atom is -0.303 e. The van der Waals surface area contributed by atoms with Gasteiger partial charge in [-0.05, 0) is 5.92 Å². The van der Waals surface area contributed by atoms with E-state index < -0.39 is 0 Å². The fourth-order valence-corrected chi connectivity index (χ4v) is 0.0456. The van der Waals surface area contributed by atoms with Gasteiger partial charge >= 0.3 is 0 Å². The maximum atomic E-state index is 6.09. The van der Waals surface area contributed by atoms with Gasteiger partial charge in [-0.1, -0.05) is 14.9 Å². The summed E-state index contributed by atoms with van der Waals surface area (Å²) in [5.74, 6) is 2.16. The van der Waals surface area contributed by atoms with E-state index in [0.717, 1.165) is 0 Å². The van der Waals surface area contributed by atoms with Gasteiger partial charge < -0.3 is 4.85 Å². The molecule has 0 aliphatic rings. The van der Waals surface area contributed by atoms with Crippen molar-refractivity contribution in [2.75, 3.05) is 6.54 Å². The highest BCUT2D eigenvalue weighted by Crippen LogP contribution is 1.54. The first kappa shape index (κ1) is 16.6. The average molecular weight is 97.2 g/mol. The molecule has 0 N–H and O–H groups in total. The van der Waals surface area contributed by atoms with Crippen LogP contribution >= 0.6 is 0 Å². The number of rotatable bonds is 0. The Morgan fingerprint density at radius 3 is 2.00 bits per heavy atom. The second kappa shape index (κ2) is 19.7. The van der Waals surface area contributed by atoms with Crippen LogP contribution in [0, 0.1) is 18.9 Å². The number of nitrogens with zero attached hydrogens (tertiary/aromatic N) is 1. The first-order chi connectivity index (χ1) is 2.41. The first-order valence-corrected chi connectivity index (χ1v) is 1.18. The normalized spacial score (nSPS) is 3.14. The van der Waals surface area contributed by atoms with Crippen molar-refractivity contribution in [2.24, 2.45) is 0 Å². The molecule has 0 aromatic heterocycles. The predicted octanol–water partition coefficient (Wildman–Crippen LogP) is 1.81. The Morgan fingerprint density at radius 2 is 2.00 bits per heavy atom. The van der Waals surface area contributed by atoms with Gasteiger partial charge in [0.05, 0.1) is 0 Å². The van der Waals surface area contributed by atoms with Crippen LogP contribution in [0.4, 0.5) is 0 Å². The summed E-state index contributed by atoms with van der Waals surface area (Å²) in [7, 11) is 0. The van der Waals surface area contributed by atoms with Crippen LogP contribution in [0.1, 0.15) is 14.9 Å². The molecule has 0 fully saturated rings. The molecule has 7 heavy (non-hydrogen) atoms. The summed E-state index contributed by atoms with van der Waals surface area (Å²) in [5.41, 5.74) is 0. The Labute approximate surface area is 46.2 Å². The third-order valence-corrected chi connectivity index (χ3v) is 0.170. The molecule has 0 atom stereocenters. The SMILES string of the molecule is C.C.[C-]#[N+]CC#C. The lowest BCUT2D eigenvalue weighted by molar-refractivity contribution is 1.63. The minimum atomic E-state index is 0. The standard InChI is InChI=1S/C4H3N.2CH4/c1-3-4-5-2;;/h1H,4H2;2*1H4. The van der Waals surface area contributed by atoms with Gasteiger partial charge in [0.15, 0.2) is 0 Å². The van der Waals surface area contributed by atoms with E-state index in [-0.39, 0.29) is 21.4 Å². The van der Waals surface area contributed by atoms with Crippen LogP contribution in [0.3, 0.4) is 0 Å². The molecular weight excluding hydrogens is 86.1 g/mol. The van der Waals surface area contributed by atoms with Gasteiger partial charge in [0, 0.05) is 0 Å². The fourth-order valence-electron chi connectivity index (χ4n) is 0.0456. The number of terminal acetylenes is 1. The molecule has 0 heterocycles. The van der Waals surface area contributed by atoms with Crippen molar-refractivity contribution in [2.45, 2.75) is 14.9 Å². The lowest BCUT2D eigenvalue weighted by atomic mass is 10.7. The summed E-state index contributed by atoms with van der Waals surface area (Å²) in [6, 6.07) is 0. The second-order valence-electron chi connectivity index (χ2n) is 0.520. The lowest BCUT2D eigenvalue weighted by Gasteiger charge is -1.53. The maximum Gasteiger partial charge on any atom is 0.274 e. The minimum absolute atomic E-state index is 0. The predicted molar refractivity (Wildman–Crippen MR) is 33.8 cm³/mol. The molecule has 0 amide bonds. The molecular formula is C6H11N. The summed E-state index contributed by atoms with van der Waals surface area (Å²) in [6.07, 6.45) is 4.68.